The van der Waals surface area contributed by atoms with Crippen molar-refractivity contribution in [2.45, 2.75) is 26.7 Å². The molecule has 1 aliphatic rings. The second-order valence-corrected chi connectivity index (χ2v) is 5.62. The number of carbonyl (C=O) groups excluding carboxylic acids is 1. The summed E-state index contributed by atoms with van der Waals surface area (Å²) >= 11 is 0. The molecule has 1 amide bonds. The summed E-state index contributed by atoms with van der Waals surface area (Å²) in [5, 5.41) is 4.44. The molecular formula is C18H21N3O2. The molecule has 120 valence electrons. The molecule has 3 rings (SSSR count). The smallest absolute Gasteiger partial charge is 0.227 e. The van der Waals surface area contributed by atoms with Gasteiger partial charge in [0.05, 0.1) is 24.7 Å². The minimum atomic E-state index is 0.158. The van der Waals surface area contributed by atoms with E-state index in [1.807, 2.05) is 60.1 Å². The van der Waals surface area contributed by atoms with E-state index in [9.17, 15) is 4.79 Å². The number of nitrogens with zero attached hydrogens (tertiary/aromatic N) is 3. The summed E-state index contributed by atoms with van der Waals surface area (Å²) in [5.74, 6) is 0.960. The average Bonchev–Trinajstić information content (AvgIpc) is 3.01. The maximum absolute atomic E-state index is 12.4. The number of rotatable bonds is 4. The number of aromatic nitrogens is 2. The van der Waals surface area contributed by atoms with Crippen LogP contribution in [0, 0.1) is 6.92 Å². The van der Waals surface area contributed by atoms with Gasteiger partial charge < -0.3 is 9.64 Å². The summed E-state index contributed by atoms with van der Waals surface area (Å²) < 4.78 is 7.12. The average molecular weight is 311 g/mol. The van der Waals surface area contributed by atoms with Crippen molar-refractivity contribution >= 4 is 17.3 Å². The number of carbonyl (C=O) groups is 1. The van der Waals surface area contributed by atoms with Gasteiger partial charge >= 0.3 is 0 Å². The molecule has 2 aromatic rings. The molecule has 0 saturated carbocycles. The van der Waals surface area contributed by atoms with Gasteiger partial charge in [-0.05, 0) is 43.7 Å². The van der Waals surface area contributed by atoms with E-state index in [0.29, 0.717) is 19.4 Å². The van der Waals surface area contributed by atoms with Gasteiger partial charge in [-0.3, -0.25) is 4.79 Å². The number of ether oxygens (including phenoxy) is 1. The van der Waals surface area contributed by atoms with Gasteiger partial charge in [-0.15, -0.1) is 0 Å². The largest absolute Gasteiger partial charge is 0.497 e. The van der Waals surface area contributed by atoms with E-state index in [1.165, 1.54) is 0 Å². The van der Waals surface area contributed by atoms with Crippen molar-refractivity contribution < 1.29 is 9.53 Å². The Bertz CT molecular complexity index is 744. The second-order valence-electron chi connectivity index (χ2n) is 5.62. The first-order chi connectivity index (χ1) is 11.1. The van der Waals surface area contributed by atoms with Crippen LogP contribution in [-0.4, -0.2) is 34.2 Å². The lowest BCUT2D eigenvalue weighted by Crippen LogP contribution is -2.34. The van der Waals surface area contributed by atoms with Crippen molar-refractivity contribution in [3.05, 3.63) is 47.8 Å². The molecule has 0 aliphatic carbocycles. The van der Waals surface area contributed by atoms with Crippen LogP contribution < -0.4 is 4.74 Å². The Hall–Kier alpha value is -2.56. The van der Waals surface area contributed by atoms with Crippen molar-refractivity contribution in [1.82, 2.24) is 14.7 Å². The highest BCUT2D eigenvalue weighted by Gasteiger charge is 2.28. The third kappa shape index (κ3) is 2.86. The van der Waals surface area contributed by atoms with E-state index in [-0.39, 0.29) is 5.91 Å². The summed E-state index contributed by atoms with van der Waals surface area (Å²) in [6.07, 6.45) is 5.05. The summed E-state index contributed by atoms with van der Waals surface area (Å²) in [6.45, 7) is 4.66. The van der Waals surface area contributed by atoms with E-state index in [4.69, 9.17) is 4.74 Å². The number of allylic oxidation sites excluding steroid dienone is 1. The van der Waals surface area contributed by atoms with Crippen molar-refractivity contribution in [3.63, 3.8) is 0 Å². The fraction of sp³-hybridized carbons (Fsp3) is 0.333. The number of amides is 1. The van der Waals surface area contributed by atoms with Crippen LogP contribution in [0.25, 0.3) is 11.4 Å². The number of methoxy groups -OCH3 is 1. The van der Waals surface area contributed by atoms with Gasteiger partial charge in [-0.2, -0.15) is 5.10 Å². The fourth-order valence-electron chi connectivity index (χ4n) is 2.95. The first-order valence-electron chi connectivity index (χ1n) is 7.83. The maximum atomic E-state index is 12.4. The standard InChI is InChI=1S/C18H21N3O2/c1-4-20-17(22)10-9-16(21-12-13(2)11-19-21)18(20)14-5-7-15(23-3)8-6-14/h5-8,11-12H,4,9-10H2,1-3H3. The molecule has 0 saturated heterocycles. The summed E-state index contributed by atoms with van der Waals surface area (Å²) in [6, 6.07) is 7.82. The SMILES string of the molecule is CCN1C(=O)CCC(n2cc(C)cn2)=C1c1ccc(OC)cc1. The fourth-order valence-corrected chi connectivity index (χ4v) is 2.95. The van der Waals surface area contributed by atoms with E-state index < -0.39 is 0 Å². The number of hydrogen-bond acceptors (Lipinski definition) is 3. The molecule has 0 radical (unpaired) electrons. The van der Waals surface area contributed by atoms with Gasteiger partial charge in [0.2, 0.25) is 5.91 Å². The monoisotopic (exact) mass is 311 g/mol. The predicted octanol–water partition coefficient (Wildman–Crippen LogP) is 3.17. The highest BCUT2D eigenvalue weighted by molar-refractivity contribution is 5.97. The van der Waals surface area contributed by atoms with Gasteiger partial charge in [-0.1, -0.05) is 0 Å². The maximum Gasteiger partial charge on any atom is 0.227 e. The Morgan fingerprint density at radius 2 is 1.96 bits per heavy atom. The zero-order valence-electron chi connectivity index (χ0n) is 13.7. The van der Waals surface area contributed by atoms with Gasteiger partial charge in [-0.25, -0.2) is 4.68 Å². The molecular weight excluding hydrogens is 290 g/mol. The molecule has 5 heteroatoms. The molecule has 2 heterocycles. The highest BCUT2D eigenvalue weighted by atomic mass is 16.5. The van der Waals surface area contributed by atoms with Crippen LogP contribution in [0.3, 0.4) is 0 Å². The van der Waals surface area contributed by atoms with Gasteiger partial charge in [0.15, 0.2) is 0 Å². The highest BCUT2D eigenvalue weighted by Crippen LogP contribution is 2.34. The van der Waals surface area contributed by atoms with Crippen LogP contribution in [0.1, 0.15) is 30.9 Å². The van der Waals surface area contributed by atoms with Crippen LogP contribution in [-0.2, 0) is 4.79 Å². The third-order valence-corrected chi connectivity index (χ3v) is 4.09. The molecule has 0 unspecified atom stereocenters. The Labute approximate surface area is 136 Å². The van der Waals surface area contributed by atoms with Crippen molar-refractivity contribution in [2.75, 3.05) is 13.7 Å². The lowest BCUT2D eigenvalue weighted by atomic mass is 10.0. The Morgan fingerprint density at radius 3 is 2.52 bits per heavy atom. The molecule has 0 atom stereocenters. The molecule has 0 N–H and O–H groups in total. The quantitative estimate of drug-likeness (QED) is 0.871. The third-order valence-electron chi connectivity index (χ3n) is 4.09. The molecule has 1 aromatic carbocycles. The summed E-state index contributed by atoms with van der Waals surface area (Å²) in [7, 11) is 1.65. The van der Waals surface area contributed by atoms with E-state index >= 15 is 0 Å². The molecule has 5 nitrogen and oxygen atoms in total. The summed E-state index contributed by atoms with van der Waals surface area (Å²) in [5.41, 5.74) is 4.11. The van der Waals surface area contributed by atoms with Gasteiger partial charge in [0, 0.05) is 31.1 Å². The van der Waals surface area contributed by atoms with Crippen LogP contribution in [0.5, 0.6) is 5.75 Å². The van der Waals surface area contributed by atoms with Crippen LogP contribution in [0.2, 0.25) is 0 Å². The van der Waals surface area contributed by atoms with Crippen molar-refractivity contribution in [2.24, 2.45) is 0 Å². The van der Waals surface area contributed by atoms with Crippen LogP contribution in [0.4, 0.5) is 0 Å². The molecule has 1 aromatic heterocycles. The Kier molecular flexibility index (Phi) is 4.19. The zero-order valence-corrected chi connectivity index (χ0v) is 13.7. The van der Waals surface area contributed by atoms with Crippen molar-refractivity contribution in [3.8, 4) is 5.75 Å². The van der Waals surface area contributed by atoms with Gasteiger partial charge in [0.1, 0.15) is 5.75 Å². The normalized spacial score (nSPS) is 15.3. The van der Waals surface area contributed by atoms with E-state index in [1.54, 1.807) is 7.11 Å². The minimum absolute atomic E-state index is 0.158. The van der Waals surface area contributed by atoms with Crippen LogP contribution in [0.15, 0.2) is 36.7 Å². The first-order valence-corrected chi connectivity index (χ1v) is 7.83. The van der Waals surface area contributed by atoms with Crippen LogP contribution >= 0.6 is 0 Å². The molecule has 1 aliphatic heterocycles. The topological polar surface area (TPSA) is 47.4 Å². The lowest BCUT2D eigenvalue weighted by Gasteiger charge is -2.31. The lowest BCUT2D eigenvalue weighted by molar-refractivity contribution is -0.128. The second kappa shape index (κ2) is 6.28. The number of hydrogen-bond donors (Lipinski definition) is 0. The summed E-state index contributed by atoms with van der Waals surface area (Å²) in [4.78, 5) is 14.2. The minimum Gasteiger partial charge on any atom is -0.497 e. The first kappa shape index (κ1) is 15.3. The number of benzene rings is 1. The molecule has 0 bridgehead atoms. The Morgan fingerprint density at radius 1 is 1.22 bits per heavy atom. The molecule has 0 spiro atoms. The molecule has 23 heavy (non-hydrogen) atoms. The van der Waals surface area contributed by atoms with Crippen molar-refractivity contribution in [1.29, 1.82) is 0 Å². The van der Waals surface area contributed by atoms with E-state index in [2.05, 4.69) is 5.10 Å². The molecule has 0 fully saturated rings. The predicted molar refractivity (Wildman–Crippen MR) is 89.7 cm³/mol. The Balaban J connectivity index is 2.15. The van der Waals surface area contributed by atoms with Gasteiger partial charge in [0.25, 0.3) is 0 Å². The number of aryl methyl sites for hydroxylation is 1. The van der Waals surface area contributed by atoms with E-state index in [0.717, 1.165) is 28.3 Å². The zero-order chi connectivity index (χ0) is 16.4.